The summed E-state index contributed by atoms with van der Waals surface area (Å²) in [4.78, 5) is 11.0. The summed E-state index contributed by atoms with van der Waals surface area (Å²) in [7, 11) is 0. The number of primary amides is 1. The van der Waals surface area contributed by atoms with Crippen LogP contribution in [0.2, 0.25) is 0 Å². The Morgan fingerprint density at radius 3 is 3.00 bits per heavy atom. The SMILES string of the molecule is NC(=O)C1=CCC=NS1. The Morgan fingerprint density at radius 1 is 1.89 bits per heavy atom. The summed E-state index contributed by atoms with van der Waals surface area (Å²) in [6, 6.07) is 0. The van der Waals surface area contributed by atoms with E-state index in [0.717, 1.165) is 11.9 Å². The van der Waals surface area contributed by atoms with Gasteiger partial charge in [-0.3, -0.25) is 4.79 Å². The van der Waals surface area contributed by atoms with Crippen LogP contribution in [0, 0.1) is 0 Å². The number of hydrogen-bond donors (Lipinski definition) is 1. The number of amides is 1. The number of hydrogen-bond acceptors (Lipinski definition) is 3. The zero-order valence-corrected chi connectivity index (χ0v) is 5.52. The number of nitrogens with two attached hydrogens (primary N) is 1. The van der Waals surface area contributed by atoms with Crippen molar-refractivity contribution in [3.8, 4) is 0 Å². The molecule has 0 aromatic rings. The molecule has 4 heteroatoms. The van der Waals surface area contributed by atoms with Crippen LogP contribution in [0.1, 0.15) is 6.42 Å². The van der Waals surface area contributed by atoms with Crippen molar-refractivity contribution < 1.29 is 4.79 Å². The van der Waals surface area contributed by atoms with E-state index in [1.807, 2.05) is 0 Å². The lowest BCUT2D eigenvalue weighted by Crippen LogP contribution is -2.12. The molecule has 9 heavy (non-hydrogen) atoms. The van der Waals surface area contributed by atoms with Gasteiger partial charge in [0.2, 0.25) is 0 Å². The van der Waals surface area contributed by atoms with E-state index >= 15 is 0 Å². The van der Waals surface area contributed by atoms with Crippen molar-refractivity contribution in [2.45, 2.75) is 6.42 Å². The summed E-state index contributed by atoms with van der Waals surface area (Å²) in [6.07, 6.45) is 4.21. The molecule has 0 aromatic carbocycles. The van der Waals surface area contributed by atoms with Crippen LogP contribution < -0.4 is 5.73 Å². The second-order valence-corrected chi connectivity index (χ2v) is 2.38. The molecule has 0 bridgehead atoms. The molecule has 1 heterocycles. The fourth-order valence-corrected chi connectivity index (χ4v) is 1.01. The quantitative estimate of drug-likeness (QED) is 0.541. The van der Waals surface area contributed by atoms with Crippen molar-refractivity contribution >= 4 is 24.1 Å². The van der Waals surface area contributed by atoms with Crippen molar-refractivity contribution in [2.24, 2.45) is 10.1 Å². The molecule has 0 unspecified atom stereocenters. The van der Waals surface area contributed by atoms with Crippen LogP contribution in [0.25, 0.3) is 0 Å². The molecule has 1 amide bonds. The summed E-state index contributed by atoms with van der Waals surface area (Å²) in [5.74, 6) is -0.392. The highest BCUT2D eigenvalue weighted by Crippen LogP contribution is 2.19. The molecule has 0 fully saturated rings. The van der Waals surface area contributed by atoms with Crippen molar-refractivity contribution in [2.75, 3.05) is 0 Å². The monoisotopic (exact) mass is 142 g/mol. The standard InChI is InChI=1S/C5H6N2OS/c6-5(8)4-2-1-3-7-9-4/h2-3H,1H2,(H2,6,8). The zero-order chi connectivity index (χ0) is 6.69. The van der Waals surface area contributed by atoms with Gasteiger partial charge in [0.15, 0.2) is 0 Å². The Morgan fingerprint density at radius 2 is 2.67 bits per heavy atom. The Kier molecular flexibility index (Phi) is 1.89. The van der Waals surface area contributed by atoms with E-state index in [1.165, 1.54) is 0 Å². The molecule has 0 saturated heterocycles. The summed E-state index contributed by atoms with van der Waals surface area (Å²) in [5.41, 5.74) is 4.97. The van der Waals surface area contributed by atoms with E-state index in [9.17, 15) is 4.79 Å². The van der Waals surface area contributed by atoms with Gasteiger partial charge in [-0.15, -0.1) is 0 Å². The van der Waals surface area contributed by atoms with Gasteiger partial charge < -0.3 is 5.73 Å². The van der Waals surface area contributed by atoms with Crippen LogP contribution in [0.3, 0.4) is 0 Å². The minimum atomic E-state index is -0.392. The van der Waals surface area contributed by atoms with Gasteiger partial charge in [0, 0.05) is 24.6 Å². The van der Waals surface area contributed by atoms with Crippen molar-refractivity contribution in [3.63, 3.8) is 0 Å². The van der Waals surface area contributed by atoms with E-state index in [1.54, 1.807) is 12.3 Å². The summed E-state index contributed by atoms with van der Waals surface area (Å²) in [6.45, 7) is 0. The number of rotatable bonds is 1. The Balaban J connectivity index is 2.61. The number of carbonyl (C=O) groups is 1. The highest BCUT2D eigenvalue weighted by atomic mass is 32.2. The van der Waals surface area contributed by atoms with Crippen LogP contribution >= 0.6 is 11.9 Å². The molecule has 0 radical (unpaired) electrons. The molecule has 3 nitrogen and oxygen atoms in total. The molecule has 0 aromatic heterocycles. The lowest BCUT2D eigenvalue weighted by Gasteiger charge is -1.99. The van der Waals surface area contributed by atoms with Gasteiger partial charge in [-0.05, 0) is 0 Å². The highest BCUT2D eigenvalue weighted by molar-refractivity contribution is 8.02. The second-order valence-electron chi connectivity index (χ2n) is 1.55. The van der Waals surface area contributed by atoms with Crippen LogP contribution in [-0.4, -0.2) is 12.1 Å². The minimum Gasteiger partial charge on any atom is -0.365 e. The highest BCUT2D eigenvalue weighted by Gasteiger charge is 2.05. The van der Waals surface area contributed by atoms with Gasteiger partial charge in [0.1, 0.15) is 0 Å². The van der Waals surface area contributed by atoms with Crippen LogP contribution in [-0.2, 0) is 4.79 Å². The van der Waals surface area contributed by atoms with E-state index in [0.29, 0.717) is 11.3 Å². The first-order valence-corrected chi connectivity index (χ1v) is 3.27. The van der Waals surface area contributed by atoms with Crippen molar-refractivity contribution in [1.29, 1.82) is 0 Å². The van der Waals surface area contributed by atoms with E-state index in [2.05, 4.69) is 4.40 Å². The van der Waals surface area contributed by atoms with Crippen LogP contribution in [0.4, 0.5) is 0 Å². The van der Waals surface area contributed by atoms with E-state index < -0.39 is 5.91 Å². The number of carbonyl (C=O) groups excluding carboxylic acids is 1. The maximum atomic E-state index is 10.4. The fourth-order valence-electron chi connectivity index (χ4n) is 0.480. The van der Waals surface area contributed by atoms with E-state index in [-0.39, 0.29) is 0 Å². The normalized spacial score (nSPS) is 17.1. The van der Waals surface area contributed by atoms with Gasteiger partial charge >= 0.3 is 0 Å². The lowest BCUT2D eigenvalue weighted by atomic mass is 10.4. The van der Waals surface area contributed by atoms with Crippen LogP contribution in [0.5, 0.6) is 0 Å². The first kappa shape index (κ1) is 6.35. The van der Waals surface area contributed by atoms with Gasteiger partial charge in [-0.1, -0.05) is 6.08 Å². The predicted octanol–water partition coefficient (Wildman–Crippen LogP) is 0.478. The Hall–Kier alpha value is -0.770. The van der Waals surface area contributed by atoms with Crippen molar-refractivity contribution in [1.82, 2.24) is 0 Å². The molecule has 48 valence electrons. The molecule has 0 atom stereocenters. The molecule has 1 aliphatic heterocycles. The third-order valence-corrected chi connectivity index (χ3v) is 1.70. The smallest absolute Gasteiger partial charge is 0.256 e. The van der Waals surface area contributed by atoms with Gasteiger partial charge in [-0.25, -0.2) is 4.40 Å². The summed E-state index contributed by atoms with van der Waals surface area (Å²) < 4.78 is 3.80. The molecule has 0 spiro atoms. The summed E-state index contributed by atoms with van der Waals surface area (Å²) in [5, 5.41) is 0. The van der Waals surface area contributed by atoms with E-state index in [4.69, 9.17) is 5.73 Å². The number of nitrogens with zero attached hydrogens (tertiary/aromatic N) is 1. The number of allylic oxidation sites excluding steroid dienone is 1. The second kappa shape index (κ2) is 2.68. The maximum absolute atomic E-state index is 10.4. The molecule has 1 aliphatic rings. The molecule has 0 aliphatic carbocycles. The lowest BCUT2D eigenvalue weighted by molar-refractivity contribution is -0.113. The molecule has 2 N–H and O–H groups in total. The molecular formula is C5H6N2OS. The van der Waals surface area contributed by atoms with Gasteiger partial charge in [0.05, 0.1) is 4.91 Å². The van der Waals surface area contributed by atoms with Crippen LogP contribution in [0.15, 0.2) is 15.4 Å². The average molecular weight is 142 g/mol. The Labute approximate surface area is 57.2 Å². The fraction of sp³-hybridized carbons (Fsp3) is 0.200. The van der Waals surface area contributed by atoms with Gasteiger partial charge in [-0.2, -0.15) is 0 Å². The summed E-state index contributed by atoms with van der Waals surface area (Å²) >= 11 is 1.13. The average Bonchev–Trinajstić information content (AvgIpc) is 1.90. The maximum Gasteiger partial charge on any atom is 0.256 e. The molecule has 0 saturated carbocycles. The zero-order valence-electron chi connectivity index (χ0n) is 4.70. The molecular weight excluding hydrogens is 136 g/mol. The first-order chi connectivity index (χ1) is 4.30. The third-order valence-electron chi connectivity index (χ3n) is 0.877. The Bertz CT molecular complexity index is 185. The van der Waals surface area contributed by atoms with Crippen molar-refractivity contribution in [3.05, 3.63) is 11.0 Å². The molecule has 1 rings (SSSR count). The third kappa shape index (κ3) is 1.57. The topological polar surface area (TPSA) is 55.5 Å². The first-order valence-electron chi connectivity index (χ1n) is 2.49. The minimum absolute atomic E-state index is 0.392. The predicted molar refractivity (Wildman–Crippen MR) is 38.0 cm³/mol. The van der Waals surface area contributed by atoms with Gasteiger partial charge in [0.25, 0.3) is 5.91 Å². The largest absolute Gasteiger partial charge is 0.365 e.